The molecule has 2 aliphatic rings. The molecule has 156 valence electrons. The number of aromatic hydroxyl groups is 1. The Balaban J connectivity index is 1.47. The predicted molar refractivity (Wildman–Crippen MR) is 124 cm³/mol. The van der Waals surface area contributed by atoms with Gasteiger partial charge in [-0.2, -0.15) is 0 Å². The minimum atomic E-state index is 0.106. The molecule has 2 aromatic carbocycles. The number of anilines is 1. The molecule has 1 saturated heterocycles. The van der Waals surface area contributed by atoms with Crippen LogP contribution in [-0.2, 0) is 0 Å². The number of rotatable bonds is 6. The number of halogens is 1. The zero-order valence-corrected chi connectivity index (χ0v) is 17.8. The molecule has 3 N–H and O–H groups in total. The van der Waals surface area contributed by atoms with Crippen molar-refractivity contribution in [2.45, 2.75) is 18.8 Å². The van der Waals surface area contributed by atoms with Gasteiger partial charge in [0, 0.05) is 56.5 Å². The number of hydrogen-bond donors (Lipinski definition) is 3. The van der Waals surface area contributed by atoms with E-state index in [9.17, 15) is 5.11 Å². The lowest BCUT2D eigenvalue weighted by molar-refractivity contribution is 0.249. The second-order valence-electron chi connectivity index (χ2n) is 8.28. The van der Waals surface area contributed by atoms with E-state index in [1.165, 1.54) is 24.1 Å². The highest BCUT2D eigenvalue weighted by atomic mass is 35.5. The van der Waals surface area contributed by atoms with Gasteiger partial charge in [-0.1, -0.05) is 23.7 Å². The number of pyridine rings is 1. The molecule has 30 heavy (non-hydrogen) atoms. The van der Waals surface area contributed by atoms with Crippen molar-refractivity contribution in [1.82, 2.24) is 15.2 Å². The van der Waals surface area contributed by atoms with Gasteiger partial charge in [-0.15, -0.1) is 0 Å². The van der Waals surface area contributed by atoms with Crippen molar-refractivity contribution in [2.75, 3.05) is 44.6 Å². The first-order valence-corrected chi connectivity index (χ1v) is 11.2. The highest BCUT2D eigenvalue weighted by Gasteiger charge is 2.27. The number of phenolic OH excluding ortho intramolecular Hbond substituents is 1. The van der Waals surface area contributed by atoms with Gasteiger partial charge in [-0.05, 0) is 59.7 Å². The molecule has 1 aliphatic carbocycles. The molecule has 0 atom stereocenters. The van der Waals surface area contributed by atoms with E-state index in [-0.39, 0.29) is 5.75 Å². The van der Waals surface area contributed by atoms with Crippen LogP contribution in [0.1, 0.15) is 24.3 Å². The third-order valence-electron chi connectivity index (χ3n) is 6.13. The van der Waals surface area contributed by atoms with Crippen molar-refractivity contribution in [2.24, 2.45) is 0 Å². The molecule has 1 aliphatic heterocycles. The Morgan fingerprint density at radius 1 is 1.10 bits per heavy atom. The van der Waals surface area contributed by atoms with E-state index in [0.717, 1.165) is 61.3 Å². The summed E-state index contributed by atoms with van der Waals surface area (Å²) in [5.41, 5.74) is 5.62. The largest absolute Gasteiger partial charge is 0.506 e. The maximum Gasteiger partial charge on any atom is 0.134 e. The first-order valence-electron chi connectivity index (χ1n) is 10.8. The SMILES string of the molecule is Oc1ccc(-c2ccc3ncc(C4CC4)c(NCCN4CCNCC4)c3c2)cc1Cl. The zero-order valence-electron chi connectivity index (χ0n) is 17.0. The molecule has 2 fully saturated rings. The molecule has 0 spiro atoms. The second-order valence-corrected chi connectivity index (χ2v) is 8.69. The minimum Gasteiger partial charge on any atom is -0.506 e. The van der Waals surface area contributed by atoms with E-state index < -0.39 is 0 Å². The summed E-state index contributed by atoms with van der Waals surface area (Å²) in [7, 11) is 0. The van der Waals surface area contributed by atoms with Crippen molar-refractivity contribution < 1.29 is 5.11 Å². The summed E-state index contributed by atoms with van der Waals surface area (Å²) in [6.07, 6.45) is 4.55. The van der Waals surface area contributed by atoms with Crippen LogP contribution < -0.4 is 10.6 Å². The van der Waals surface area contributed by atoms with Gasteiger partial charge in [0.2, 0.25) is 0 Å². The summed E-state index contributed by atoms with van der Waals surface area (Å²) in [5, 5.41) is 18.4. The highest BCUT2D eigenvalue weighted by molar-refractivity contribution is 6.32. The number of hydrogen-bond acceptors (Lipinski definition) is 5. The molecule has 5 nitrogen and oxygen atoms in total. The maximum absolute atomic E-state index is 9.76. The van der Waals surface area contributed by atoms with Gasteiger partial charge < -0.3 is 15.7 Å². The number of nitrogens with zero attached hydrogens (tertiary/aromatic N) is 2. The van der Waals surface area contributed by atoms with Crippen LogP contribution >= 0.6 is 11.6 Å². The molecule has 6 heteroatoms. The van der Waals surface area contributed by atoms with Gasteiger partial charge in [-0.3, -0.25) is 9.88 Å². The van der Waals surface area contributed by atoms with Crippen molar-refractivity contribution in [3.63, 3.8) is 0 Å². The number of aromatic nitrogens is 1. The summed E-state index contributed by atoms with van der Waals surface area (Å²) >= 11 is 6.15. The summed E-state index contributed by atoms with van der Waals surface area (Å²) in [5.74, 6) is 0.726. The van der Waals surface area contributed by atoms with Crippen LogP contribution in [0.5, 0.6) is 5.75 Å². The van der Waals surface area contributed by atoms with Crippen LogP contribution in [0.3, 0.4) is 0 Å². The molecule has 5 rings (SSSR count). The minimum absolute atomic E-state index is 0.106. The van der Waals surface area contributed by atoms with Crippen LogP contribution in [-0.4, -0.2) is 54.3 Å². The number of nitrogens with one attached hydrogen (secondary N) is 2. The average Bonchev–Trinajstić information content (AvgIpc) is 3.61. The third kappa shape index (κ3) is 4.10. The summed E-state index contributed by atoms with van der Waals surface area (Å²) in [6.45, 7) is 6.34. The standard InChI is InChI=1S/C24H27ClN4O/c25-21-14-18(4-6-23(21)30)17-3-5-22-19(13-17)24(20(15-28-22)16-1-2-16)27-9-12-29-10-7-26-8-11-29/h3-6,13-16,26,30H,1-2,7-12H2,(H,27,28). The molecular formula is C24H27ClN4O. The topological polar surface area (TPSA) is 60.4 Å². The third-order valence-corrected chi connectivity index (χ3v) is 6.44. The normalized spacial score (nSPS) is 17.4. The van der Waals surface area contributed by atoms with Gasteiger partial charge in [-0.25, -0.2) is 0 Å². The summed E-state index contributed by atoms with van der Waals surface area (Å²) in [6, 6.07) is 11.7. The molecule has 0 unspecified atom stereocenters. The molecule has 2 heterocycles. The lowest BCUT2D eigenvalue weighted by Crippen LogP contribution is -2.45. The summed E-state index contributed by atoms with van der Waals surface area (Å²) in [4.78, 5) is 7.25. The fraction of sp³-hybridized carbons (Fsp3) is 0.375. The fourth-order valence-corrected chi connectivity index (χ4v) is 4.43. The lowest BCUT2D eigenvalue weighted by atomic mass is 10.00. The van der Waals surface area contributed by atoms with Gasteiger partial charge in [0.25, 0.3) is 0 Å². The average molecular weight is 423 g/mol. The molecule has 0 amide bonds. The molecule has 1 aromatic heterocycles. The monoisotopic (exact) mass is 422 g/mol. The van der Waals surface area contributed by atoms with Gasteiger partial charge >= 0.3 is 0 Å². The molecule has 1 saturated carbocycles. The van der Waals surface area contributed by atoms with Crippen LogP contribution in [0.15, 0.2) is 42.6 Å². The fourth-order valence-electron chi connectivity index (χ4n) is 4.25. The Bertz CT molecular complexity index is 1060. The van der Waals surface area contributed by atoms with Crippen LogP contribution in [0.2, 0.25) is 5.02 Å². The first-order chi connectivity index (χ1) is 14.7. The summed E-state index contributed by atoms with van der Waals surface area (Å²) < 4.78 is 0. The van der Waals surface area contributed by atoms with E-state index in [2.05, 4.69) is 39.9 Å². The van der Waals surface area contributed by atoms with Crippen LogP contribution in [0, 0.1) is 0 Å². The number of fused-ring (bicyclic) bond motifs is 1. The molecular weight excluding hydrogens is 396 g/mol. The molecule has 0 radical (unpaired) electrons. The Labute approximate surface area is 182 Å². The van der Waals surface area contributed by atoms with Crippen molar-refractivity contribution in [1.29, 1.82) is 0 Å². The molecule has 3 aromatic rings. The smallest absolute Gasteiger partial charge is 0.134 e. The van der Waals surface area contributed by atoms with Crippen molar-refractivity contribution in [3.05, 3.63) is 53.2 Å². The highest BCUT2D eigenvalue weighted by Crippen LogP contribution is 2.45. The molecule has 0 bridgehead atoms. The Hall–Kier alpha value is -2.34. The predicted octanol–water partition coefficient (Wildman–Crippen LogP) is 4.46. The van der Waals surface area contributed by atoms with Gasteiger partial charge in [0.05, 0.1) is 10.5 Å². The number of benzene rings is 2. The number of phenols is 1. The zero-order chi connectivity index (χ0) is 20.5. The van der Waals surface area contributed by atoms with E-state index in [0.29, 0.717) is 10.9 Å². The Kier molecular flexibility index (Phi) is 5.50. The Morgan fingerprint density at radius 2 is 1.87 bits per heavy atom. The lowest BCUT2D eigenvalue weighted by Gasteiger charge is -2.27. The van der Waals surface area contributed by atoms with E-state index in [1.54, 1.807) is 6.07 Å². The first kappa shape index (κ1) is 19.6. The van der Waals surface area contributed by atoms with Crippen molar-refractivity contribution >= 4 is 28.2 Å². The number of piperazine rings is 1. The second kappa shape index (κ2) is 8.42. The van der Waals surface area contributed by atoms with E-state index in [4.69, 9.17) is 16.6 Å². The van der Waals surface area contributed by atoms with Gasteiger partial charge in [0.1, 0.15) is 5.75 Å². The van der Waals surface area contributed by atoms with E-state index in [1.807, 2.05) is 12.1 Å². The quantitative estimate of drug-likeness (QED) is 0.547. The maximum atomic E-state index is 9.76. The van der Waals surface area contributed by atoms with Crippen LogP contribution in [0.25, 0.3) is 22.0 Å². The van der Waals surface area contributed by atoms with Crippen molar-refractivity contribution in [3.8, 4) is 16.9 Å². The van der Waals surface area contributed by atoms with Crippen LogP contribution in [0.4, 0.5) is 5.69 Å². The Morgan fingerprint density at radius 3 is 2.63 bits per heavy atom. The van der Waals surface area contributed by atoms with Gasteiger partial charge in [0.15, 0.2) is 0 Å². The van der Waals surface area contributed by atoms with E-state index >= 15 is 0 Å².